The Balaban J connectivity index is 5.90. The molecule has 0 bridgehead atoms. The van der Waals surface area contributed by atoms with Crippen molar-refractivity contribution in [1.82, 2.24) is 0 Å². The second-order valence-corrected chi connectivity index (χ2v) is 4.59. The fourth-order valence-electron chi connectivity index (χ4n) is 1.28. The lowest BCUT2D eigenvalue weighted by atomic mass is 9.93. The zero-order valence-electron chi connectivity index (χ0n) is 11.6. The van der Waals surface area contributed by atoms with Gasteiger partial charge in [0.1, 0.15) is 0 Å². The first-order chi connectivity index (χ1) is 10.7. The molecule has 0 aliphatic carbocycles. The van der Waals surface area contributed by atoms with Crippen molar-refractivity contribution in [2.24, 2.45) is 0 Å². The summed E-state index contributed by atoms with van der Waals surface area (Å²) in [5.74, 6) is -38.4. The number of rotatable bonds is 7. The third kappa shape index (κ3) is 3.73. The molecule has 0 aromatic carbocycles. The van der Waals surface area contributed by atoms with Crippen molar-refractivity contribution in [1.29, 1.82) is 0 Å². The molecule has 2 nitrogen and oxygen atoms in total. The van der Waals surface area contributed by atoms with Gasteiger partial charge in [0.15, 0.2) is 0 Å². The van der Waals surface area contributed by atoms with Crippen LogP contribution in [0.4, 0.5) is 57.1 Å². The van der Waals surface area contributed by atoms with Crippen molar-refractivity contribution >= 4 is 5.97 Å². The van der Waals surface area contributed by atoms with E-state index in [1.54, 1.807) is 0 Å². The van der Waals surface area contributed by atoms with Gasteiger partial charge < -0.3 is 4.74 Å². The minimum Gasteiger partial charge on any atom is -0.466 e. The maximum absolute atomic E-state index is 13.1. The van der Waals surface area contributed by atoms with Crippen LogP contribution >= 0.6 is 0 Å². The lowest BCUT2D eigenvalue weighted by Crippen LogP contribution is -2.70. The van der Waals surface area contributed by atoms with Crippen LogP contribution in [0, 0.1) is 0 Å². The SMILES string of the molecule is CC(=O)OCCC(F)(F)C(F)(F)C(F)(F)C(F)(F)C(F)(F)C(F)(F)F. The number of esters is 1. The van der Waals surface area contributed by atoms with Crippen LogP contribution < -0.4 is 0 Å². The van der Waals surface area contributed by atoms with Gasteiger partial charge >= 0.3 is 41.8 Å². The Morgan fingerprint density at radius 1 is 0.680 bits per heavy atom. The van der Waals surface area contributed by atoms with E-state index in [-0.39, 0.29) is 0 Å². The van der Waals surface area contributed by atoms with Gasteiger partial charge in [0.25, 0.3) is 0 Å². The van der Waals surface area contributed by atoms with Gasteiger partial charge in [-0.3, -0.25) is 4.79 Å². The Bertz CT molecular complexity index is 494. The second-order valence-electron chi connectivity index (χ2n) is 4.59. The van der Waals surface area contributed by atoms with E-state index in [2.05, 4.69) is 4.74 Å². The first-order valence-electron chi connectivity index (χ1n) is 5.76. The first kappa shape index (κ1) is 23.6. The molecule has 0 aromatic rings. The molecular weight excluding hydrogens is 399 g/mol. The molecule has 0 amide bonds. The summed E-state index contributed by atoms with van der Waals surface area (Å²) in [4.78, 5) is 10.2. The first-order valence-corrected chi connectivity index (χ1v) is 5.76. The average Bonchev–Trinajstić information content (AvgIpc) is 2.35. The summed E-state index contributed by atoms with van der Waals surface area (Å²) in [6.07, 6.45) is -9.99. The molecule has 150 valence electrons. The zero-order chi connectivity index (χ0) is 20.7. The number of ether oxygens (including phenoxy) is 1. The van der Waals surface area contributed by atoms with Gasteiger partial charge in [-0.25, -0.2) is 0 Å². The van der Waals surface area contributed by atoms with Crippen LogP contribution in [0.25, 0.3) is 0 Å². The lowest BCUT2D eigenvalue weighted by molar-refractivity contribution is -0.440. The van der Waals surface area contributed by atoms with E-state index in [0.29, 0.717) is 6.92 Å². The van der Waals surface area contributed by atoms with Gasteiger partial charge in [-0.05, 0) is 0 Å². The maximum Gasteiger partial charge on any atom is 0.460 e. The minimum absolute atomic E-state index is 0.558. The number of hydrogen-bond donors (Lipinski definition) is 0. The summed E-state index contributed by atoms with van der Waals surface area (Å²) in [5, 5.41) is 0. The van der Waals surface area contributed by atoms with Crippen molar-refractivity contribution in [3.05, 3.63) is 0 Å². The zero-order valence-corrected chi connectivity index (χ0v) is 11.6. The Morgan fingerprint density at radius 3 is 1.36 bits per heavy atom. The molecule has 15 heteroatoms. The van der Waals surface area contributed by atoms with Gasteiger partial charge in [0.05, 0.1) is 13.0 Å². The summed E-state index contributed by atoms with van der Waals surface area (Å²) in [7, 11) is 0. The Kier molecular flexibility index (Phi) is 6.01. The average molecular weight is 406 g/mol. The van der Waals surface area contributed by atoms with Crippen LogP contribution in [0.5, 0.6) is 0 Å². The number of carbonyl (C=O) groups is 1. The third-order valence-corrected chi connectivity index (χ3v) is 2.72. The summed E-state index contributed by atoms with van der Waals surface area (Å²) >= 11 is 0. The maximum atomic E-state index is 13.1. The van der Waals surface area contributed by atoms with E-state index in [9.17, 15) is 61.9 Å². The monoisotopic (exact) mass is 406 g/mol. The minimum atomic E-state index is -7.92. The van der Waals surface area contributed by atoms with E-state index >= 15 is 0 Å². The standard InChI is InChI=1S/C10H7F13O2/c1-4(24)25-3-2-5(11,12)6(13,14)7(15,16)8(17,18)9(19,20)10(21,22)23/h2-3H2,1H3. The van der Waals surface area contributed by atoms with Crippen LogP contribution in [0.3, 0.4) is 0 Å². The molecule has 0 radical (unpaired) electrons. The molecule has 0 heterocycles. The Morgan fingerprint density at radius 2 is 1.04 bits per heavy atom. The van der Waals surface area contributed by atoms with Crippen LogP contribution in [0.1, 0.15) is 13.3 Å². The molecule has 0 aromatic heterocycles. The smallest absolute Gasteiger partial charge is 0.460 e. The van der Waals surface area contributed by atoms with Gasteiger partial charge in [0, 0.05) is 6.92 Å². The van der Waals surface area contributed by atoms with Crippen molar-refractivity contribution in [2.75, 3.05) is 6.61 Å². The van der Waals surface area contributed by atoms with E-state index in [1.807, 2.05) is 0 Å². The van der Waals surface area contributed by atoms with E-state index < -0.39 is 54.8 Å². The molecule has 0 spiro atoms. The van der Waals surface area contributed by atoms with E-state index in [0.717, 1.165) is 0 Å². The third-order valence-electron chi connectivity index (χ3n) is 2.72. The molecule has 0 rings (SSSR count). The van der Waals surface area contributed by atoms with Crippen LogP contribution in [-0.2, 0) is 9.53 Å². The van der Waals surface area contributed by atoms with E-state index in [4.69, 9.17) is 0 Å². The predicted molar refractivity (Wildman–Crippen MR) is 52.0 cm³/mol. The summed E-state index contributed by atoms with van der Waals surface area (Å²) in [6, 6.07) is 0. The largest absolute Gasteiger partial charge is 0.466 e. The number of carbonyl (C=O) groups excluding carboxylic acids is 1. The van der Waals surface area contributed by atoms with Gasteiger partial charge in [-0.2, -0.15) is 57.1 Å². The van der Waals surface area contributed by atoms with Crippen LogP contribution in [0.15, 0.2) is 0 Å². The number of hydrogen-bond acceptors (Lipinski definition) is 2. The predicted octanol–water partition coefficient (Wildman–Crippen LogP) is 4.68. The molecule has 0 saturated carbocycles. The number of halogens is 13. The van der Waals surface area contributed by atoms with Crippen molar-refractivity contribution < 1.29 is 66.6 Å². The van der Waals surface area contributed by atoms with Crippen molar-refractivity contribution in [3.63, 3.8) is 0 Å². The van der Waals surface area contributed by atoms with Crippen molar-refractivity contribution in [2.45, 2.75) is 49.1 Å². The topological polar surface area (TPSA) is 26.3 Å². The molecule has 0 atom stereocenters. The fourth-order valence-corrected chi connectivity index (χ4v) is 1.28. The summed E-state index contributed by atoms with van der Waals surface area (Å²) in [5.41, 5.74) is 0. The lowest BCUT2D eigenvalue weighted by Gasteiger charge is -2.39. The molecule has 0 fully saturated rings. The van der Waals surface area contributed by atoms with E-state index in [1.165, 1.54) is 0 Å². The summed E-state index contributed by atoms with van der Waals surface area (Å²) in [6.45, 7) is -1.17. The molecule has 0 N–H and O–H groups in total. The molecule has 0 saturated heterocycles. The summed E-state index contributed by atoms with van der Waals surface area (Å²) < 4.78 is 168. The highest BCUT2D eigenvalue weighted by molar-refractivity contribution is 5.65. The van der Waals surface area contributed by atoms with Crippen LogP contribution in [0.2, 0.25) is 0 Å². The second kappa shape index (κ2) is 6.37. The molecule has 0 aliphatic heterocycles. The van der Waals surface area contributed by atoms with Crippen LogP contribution in [-0.4, -0.2) is 48.4 Å². The molecular formula is C10H7F13O2. The molecule has 0 aliphatic rings. The van der Waals surface area contributed by atoms with Gasteiger partial charge in [-0.1, -0.05) is 0 Å². The highest BCUT2D eigenvalue weighted by Crippen LogP contribution is 2.60. The fraction of sp³-hybridized carbons (Fsp3) is 0.900. The molecule has 25 heavy (non-hydrogen) atoms. The highest BCUT2D eigenvalue weighted by Gasteiger charge is 2.90. The number of alkyl halides is 13. The quantitative estimate of drug-likeness (QED) is 0.454. The van der Waals surface area contributed by atoms with Crippen molar-refractivity contribution in [3.8, 4) is 0 Å². The highest BCUT2D eigenvalue weighted by atomic mass is 19.4. The molecule has 0 unspecified atom stereocenters. The Hall–Kier alpha value is -1.44. The van der Waals surface area contributed by atoms with Gasteiger partial charge in [0.2, 0.25) is 0 Å². The Labute approximate surface area is 129 Å². The van der Waals surface area contributed by atoms with Gasteiger partial charge in [-0.15, -0.1) is 0 Å². The normalized spacial score (nSPS) is 15.3.